The molecule has 0 radical (unpaired) electrons. The normalized spacial score (nSPS) is 23.1. The van der Waals surface area contributed by atoms with E-state index >= 15 is 0 Å². The lowest BCUT2D eigenvalue weighted by Crippen LogP contribution is -2.32. The van der Waals surface area contributed by atoms with E-state index in [0.29, 0.717) is 6.42 Å². The molecule has 27 heavy (non-hydrogen) atoms. The molecule has 0 aliphatic heterocycles. The monoisotopic (exact) mass is 396 g/mol. The third kappa shape index (κ3) is 4.37. The lowest BCUT2D eigenvalue weighted by atomic mass is 9.63. The first-order valence-electron chi connectivity index (χ1n) is 9.32. The van der Waals surface area contributed by atoms with Gasteiger partial charge in [0, 0.05) is 21.1 Å². The molecule has 2 aromatic carbocycles. The van der Waals surface area contributed by atoms with Crippen LogP contribution in [-0.2, 0) is 5.41 Å². The average molecular weight is 397 g/mol. The number of hydrogen-bond donors (Lipinski definition) is 1. The Hall–Kier alpha value is -1.42. The van der Waals surface area contributed by atoms with Gasteiger partial charge in [-0.3, -0.25) is 0 Å². The largest absolute Gasteiger partial charge is 0.393 e. The first-order chi connectivity index (χ1) is 13.0. The molecule has 3 unspecified atom stereocenters. The predicted octanol–water partition coefficient (Wildman–Crippen LogP) is 6.44. The smallest absolute Gasteiger partial charge is 0.0549 e. The van der Waals surface area contributed by atoms with E-state index < -0.39 is 0 Å². The Balaban J connectivity index is 2.08. The standard InChI is InChI=1S/C24H28OS2/c1-17(25)16-19-6-5-15-24(2,20-9-13-22(27-4)14-10-20)23(19)18-7-11-21(26-3)12-8-18/h5-15,17,23,25H,16H2,1-4H3. The summed E-state index contributed by atoms with van der Waals surface area (Å²) < 4.78 is 0. The van der Waals surface area contributed by atoms with Gasteiger partial charge in [0.15, 0.2) is 0 Å². The van der Waals surface area contributed by atoms with Gasteiger partial charge in [-0.25, -0.2) is 0 Å². The van der Waals surface area contributed by atoms with Crippen LogP contribution in [0.2, 0.25) is 0 Å². The van der Waals surface area contributed by atoms with E-state index in [4.69, 9.17) is 0 Å². The van der Waals surface area contributed by atoms with Gasteiger partial charge >= 0.3 is 0 Å². The minimum atomic E-state index is -0.348. The van der Waals surface area contributed by atoms with Crippen molar-refractivity contribution in [2.24, 2.45) is 0 Å². The van der Waals surface area contributed by atoms with Gasteiger partial charge < -0.3 is 5.11 Å². The molecule has 0 aromatic heterocycles. The van der Waals surface area contributed by atoms with Crippen molar-refractivity contribution in [2.45, 2.75) is 47.5 Å². The van der Waals surface area contributed by atoms with Crippen molar-refractivity contribution in [1.29, 1.82) is 0 Å². The second-order valence-electron chi connectivity index (χ2n) is 7.37. The number of hydrogen-bond acceptors (Lipinski definition) is 3. The Labute approximate surface area is 172 Å². The predicted molar refractivity (Wildman–Crippen MR) is 120 cm³/mol. The summed E-state index contributed by atoms with van der Waals surface area (Å²) in [5, 5.41) is 10.1. The van der Waals surface area contributed by atoms with E-state index in [2.05, 4.69) is 86.2 Å². The van der Waals surface area contributed by atoms with Crippen LogP contribution in [0.1, 0.15) is 37.3 Å². The van der Waals surface area contributed by atoms with Gasteiger partial charge in [-0.15, -0.1) is 23.5 Å². The van der Waals surface area contributed by atoms with Crippen LogP contribution in [0.3, 0.4) is 0 Å². The molecule has 1 aliphatic carbocycles. The van der Waals surface area contributed by atoms with Crippen LogP contribution in [-0.4, -0.2) is 23.7 Å². The van der Waals surface area contributed by atoms with E-state index in [9.17, 15) is 5.11 Å². The van der Waals surface area contributed by atoms with E-state index in [-0.39, 0.29) is 17.4 Å². The number of benzene rings is 2. The molecule has 3 atom stereocenters. The van der Waals surface area contributed by atoms with E-state index in [1.807, 2.05) is 6.92 Å². The maximum atomic E-state index is 10.1. The second-order valence-corrected chi connectivity index (χ2v) is 9.13. The van der Waals surface area contributed by atoms with Gasteiger partial charge in [0.25, 0.3) is 0 Å². The number of aliphatic hydroxyl groups is 1. The van der Waals surface area contributed by atoms with Crippen molar-refractivity contribution in [1.82, 2.24) is 0 Å². The van der Waals surface area contributed by atoms with Crippen molar-refractivity contribution in [3.05, 3.63) is 83.5 Å². The molecule has 142 valence electrons. The molecule has 0 fully saturated rings. The zero-order valence-corrected chi connectivity index (χ0v) is 18.1. The molecule has 3 rings (SSSR count). The number of allylic oxidation sites excluding steroid dienone is 3. The molecule has 3 heteroatoms. The minimum absolute atomic E-state index is 0.142. The number of thioether (sulfide) groups is 2. The summed E-state index contributed by atoms with van der Waals surface area (Å²) in [5.74, 6) is 0.216. The molecule has 1 aliphatic rings. The Morgan fingerprint density at radius 3 is 2.04 bits per heavy atom. The fourth-order valence-corrected chi connectivity index (χ4v) is 4.86. The van der Waals surface area contributed by atoms with Gasteiger partial charge in [0.05, 0.1) is 6.10 Å². The van der Waals surface area contributed by atoms with Crippen LogP contribution in [0.15, 0.2) is 82.1 Å². The Bertz CT molecular complexity index is 818. The molecule has 0 bridgehead atoms. The highest BCUT2D eigenvalue weighted by Crippen LogP contribution is 2.48. The summed E-state index contributed by atoms with van der Waals surface area (Å²) in [6, 6.07) is 17.8. The van der Waals surface area contributed by atoms with Crippen LogP contribution < -0.4 is 0 Å². The molecule has 0 saturated heterocycles. The molecule has 0 heterocycles. The highest BCUT2D eigenvalue weighted by Gasteiger charge is 2.38. The molecule has 0 saturated carbocycles. The van der Waals surface area contributed by atoms with E-state index in [1.165, 1.54) is 26.5 Å². The lowest BCUT2D eigenvalue weighted by molar-refractivity contribution is 0.191. The lowest BCUT2D eigenvalue weighted by Gasteiger charge is -2.40. The minimum Gasteiger partial charge on any atom is -0.393 e. The summed E-state index contributed by atoms with van der Waals surface area (Å²) in [4.78, 5) is 2.56. The van der Waals surface area contributed by atoms with Crippen molar-refractivity contribution < 1.29 is 5.11 Å². The van der Waals surface area contributed by atoms with Crippen molar-refractivity contribution in [3.63, 3.8) is 0 Å². The van der Waals surface area contributed by atoms with Crippen LogP contribution in [0.5, 0.6) is 0 Å². The number of aliphatic hydroxyl groups excluding tert-OH is 1. The van der Waals surface area contributed by atoms with Crippen molar-refractivity contribution in [3.8, 4) is 0 Å². The molecule has 2 aromatic rings. The third-order valence-corrected chi connectivity index (χ3v) is 6.90. The zero-order valence-electron chi connectivity index (χ0n) is 16.5. The molecule has 1 N–H and O–H groups in total. The molecule has 1 nitrogen and oxygen atoms in total. The van der Waals surface area contributed by atoms with Crippen LogP contribution in [0, 0.1) is 0 Å². The van der Waals surface area contributed by atoms with Crippen LogP contribution in [0.4, 0.5) is 0 Å². The molecule has 0 spiro atoms. The summed E-state index contributed by atoms with van der Waals surface area (Å²) in [6.07, 6.45) is 11.2. The Kier molecular flexibility index (Phi) is 6.56. The highest BCUT2D eigenvalue weighted by molar-refractivity contribution is 7.98. The topological polar surface area (TPSA) is 20.2 Å². The van der Waals surface area contributed by atoms with Gasteiger partial charge in [0.1, 0.15) is 0 Å². The summed E-state index contributed by atoms with van der Waals surface area (Å²) in [5.41, 5.74) is 3.77. The van der Waals surface area contributed by atoms with Gasteiger partial charge in [-0.1, -0.05) is 55.0 Å². The maximum Gasteiger partial charge on any atom is 0.0549 e. The second kappa shape index (κ2) is 8.72. The summed E-state index contributed by atoms with van der Waals surface area (Å²) in [6.45, 7) is 4.19. The fourth-order valence-electron chi connectivity index (χ4n) is 4.05. The quantitative estimate of drug-likeness (QED) is 0.567. The average Bonchev–Trinajstić information content (AvgIpc) is 2.68. The SMILES string of the molecule is CSc1ccc(C2C(CC(C)O)=CC=CC2(C)c2ccc(SC)cc2)cc1. The first kappa shape index (κ1) is 20.3. The molecular weight excluding hydrogens is 368 g/mol. The third-order valence-electron chi connectivity index (χ3n) is 5.42. The maximum absolute atomic E-state index is 10.1. The first-order valence-corrected chi connectivity index (χ1v) is 11.8. The van der Waals surface area contributed by atoms with Crippen molar-refractivity contribution in [2.75, 3.05) is 12.5 Å². The Morgan fingerprint density at radius 1 is 0.963 bits per heavy atom. The van der Waals surface area contributed by atoms with Crippen LogP contribution >= 0.6 is 23.5 Å². The molecular formula is C24H28OS2. The van der Waals surface area contributed by atoms with Crippen LogP contribution in [0.25, 0.3) is 0 Å². The molecule has 0 amide bonds. The van der Waals surface area contributed by atoms with Gasteiger partial charge in [0.2, 0.25) is 0 Å². The van der Waals surface area contributed by atoms with E-state index in [0.717, 1.165) is 0 Å². The van der Waals surface area contributed by atoms with Gasteiger partial charge in [-0.2, -0.15) is 0 Å². The number of rotatable bonds is 6. The highest BCUT2D eigenvalue weighted by atomic mass is 32.2. The summed E-state index contributed by atoms with van der Waals surface area (Å²) >= 11 is 3.53. The van der Waals surface area contributed by atoms with E-state index in [1.54, 1.807) is 23.5 Å². The van der Waals surface area contributed by atoms with Gasteiger partial charge in [-0.05, 0) is 61.2 Å². The zero-order chi connectivity index (χ0) is 19.4. The van der Waals surface area contributed by atoms with Crippen molar-refractivity contribution >= 4 is 23.5 Å². The Morgan fingerprint density at radius 2 is 1.52 bits per heavy atom. The fraction of sp³-hybridized carbons (Fsp3) is 0.333. The summed E-state index contributed by atoms with van der Waals surface area (Å²) in [7, 11) is 0.